The summed E-state index contributed by atoms with van der Waals surface area (Å²) >= 11 is 0. The summed E-state index contributed by atoms with van der Waals surface area (Å²) in [5, 5.41) is 12.8. The van der Waals surface area contributed by atoms with Crippen LogP contribution in [0.2, 0.25) is 0 Å². The predicted octanol–water partition coefficient (Wildman–Crippen LogP) is 0.0281. The molecule has 1 saturated heterocycles. The topological polar surface area (TPSA) is 87.5 Å². The summed E-state index contributed by atoms with van der Waals surface area (Å²) in [6.45, 7) is 2.03. The van der Waals surface area contributed by atoms with Gasteiger partial charge in [-0.05, 0) is 32.9 Å². The minimum absolute atomic E-state index is 0.0637. The minimum Gasteiger partial charge on any atom is -0.396 e. The van der Waals surface area contributed by atoms with Gasteiger partial charge < -0.3 is 10.0 Å². The molecule has 0 bridgehead atoms. The van der Waals surface area contributed by atoms with Gasteiger partial charge >= 0.3 is 0 Å². The van der Waals surface area contributed by atoms with E-state index in [1.54, 1.807) is 0 Å². The van der Waals surface area contributed by atoms with E-state index in [4.69, 9.17) is 5.11 Å². The van der Waals surface area contributed by atoms with Gasteiger partial charge in [0.05, 0.1) is 6.20 Å². The Balaban J connectivity index is 1.93. The molecule has 0 spiro atoms. The molecule has 7 nitrogen and oxygen atoms in total. The maximum Gasteiger partial charge on any atom is 0.243 e. The number of hydrogen-bond acceptors (Lipinski definition) is 5. The minimum atomic E-state index is -3.51. The number of likely N-dealkylation sites (tertiary alicyclic amines) is 1. The van der Waals surface area contributed by atoms with Gasteiger partial charge in [0, 0.05) is 31.9 Å². The van der Waals surface area contributed by atoms with Crippen molar-refractivity contribution in [3.63, 3.8) is 0 Å². The van der Waals surface area contributed by atoms with Gasteiger partial charge in [-0.2, -0.15) is 5.10 Å². The highest BCUT2D eigenvalue weighted by Crippen LogP contribution is 2.15. The maximum atomic E-state index is 12.2. The van der Waals surface area contributed by atoms with E-state index in [-0.39, 0.29) is 17.5 Å². The zero-order chi connectivity index (χ0) is 15.3. The Hall–Kier alpha value is -0.960. The van der Waals surface area contributed by atoms with Crippen molar-refractivity contribution >= 4 is 10.0 Å². The summed E-state index contributed by atoms with van der Waals surface area (Å²) in [5.41, 5.74) is 0. The predicted molar refractivity (Wildman–Crippen MR) is 79.4 cm³/mol. The van der Waals surface area contributed by atoms with Crippen molar-refractivity contribution < 1.29 is 13.5 Å². The molecule has 8 heteroatoms. The number of aromatic nitrogens is 2. The molecule has 1 aliphatic heterocycles. The Morgan fingerprint density at radius 1 is 1.48 bits per heavy atom. The standard InChI is InChI=1S/C13H24N4O3S/c1-16-6-3-2-5-12(16)9-15-21(19,20)13-10-14-17(11-13)7-4-8-18/h10-12,15,18H,2-9H2,1H3. The average Bonchev–Trinajstić information content (AvgIpc) is 2.94. The highest BCUT2D eigenvalue weighted by molar-refractivity contribution is 7.89. The van der Waals surface area contributed by atoms with E-state index in [1.165, 1.54) is 23.5 Å². The average molecular weight is 316 g/mol. The van der Waals surface area contributed by atoms with E-state index in [9.17, 15) is 8.42 Å². The van der Waals surface area contributed by atoms with Crippen LogP contribution in [0, 0.1) is 0 Å². The van der Waals surface area contributed by atoms with Crippen molar-refractivity contribution in [3.05, 3.63) is 12.4 Å². The van der Waals surface area contributed by atoms with Crippen LogP contribution in [-0.2, 0) is 16.6 Å². The number of piperidine rings is 1. The summed E-state index contributed by atoms with van der Waals surface area (Å²) in [4.78, 5) is 2.38. The lowest BCUT2D eigenvalue weighted by atomic mass is 10.0. The molecule has 21 heavy (non-hydrogen) atoms. The molecular formula is C13H24N4O3S. The molecule has 0 saturated carbocycles. The summed E-state index contributed by atoms with van der Waals surface area (Å²) in [6, 6.07) is 0.262. The molecular weight excluding hydrogens is 292 g/mol. The smallest absolute Gasteiger partial charge is 0.243 e. The third-order valence-corrected chi connectivity index (χ3v) is 5.27. The van der Waals surface area contributed by atoms with Gasteiger partial charge in [-0.15, -0.1) is 0 Å². The first-order valence-electron chi connectivity index (χ1n) is 7.36. The van der Waals surface area contributed by atoms with Crippen LogP contribution in [0.1, 0.15) is 25.7 Å². The Morgan fingerprint density at radius 3 is 3.00 bits per heavy atom. The van der Waals surface area contributed by atoms with Gasteiger partial charge in [0.25, 0.3) is 0 Å². The first-order chi connectivity index (χ1) is 10.0. The molecule has 1 aromatic rings. The summed E-state index contributed by atoms with van der Waals surface area (Å²) in [7, 11) is -1.48. The highest BCUT2D eigenvalue weighted by atomic mass is 32.2. The van der Waals surface area contributed by atoms with Crippen LogP contribution in [-0.4, -0.2) is 61.0 Å². The second kappa shape index (κ2) is 7.35. The van der Waals surface area contributed by atoms with Gasteiger partial charge in [0.2, 0.25) is 10.0 Å². The Bertz CT molecular complexity index is 543. The molecule has 0 amide bonds. The molecule has 0 aliphatic carbocycles. The van der Waals surface area contributed by atoms with Gasteiger partial charge in [-0.3, -0.25) is 4.68 Å². The monoisotopic (exact) mass is 316 g/mol. The van der Waals surface area contributed by atoms with E-state index >= 15 is 0 Å². The Labute approximate surface area is 126 Å². The fraction of sp³-hybridized carbons (Fsp3) is 0.769. The van der Waals surface area contributed by atoms with Gasteiger partial charge in [0.15, 0.2) is 0 Å². The molecule has 0 radical (unpaired) electrons. The Morgan fingerprint density at radius 2 is 2.29 bits per heavy atom. The highest BCUT2D eigenvalue weighted by Gasteiger charge is 2.22. The van der Waals surface area contributed by atoms with Crippen LogP contribution < -0.4 is 4.72 Å². The van der Waals surface area contributed by atoms with E-state index in [2.05, 4.69) is 14.7 Å². The number of aliphatic hydroxyl groups excluding tert-OH is 1. The first-order valence-corrected chi connectivity index (χ1v) is 8.84. The van der Waals surface area contributed by atoms with Gasteiger partial charge in [-0.25, -0.2) is 13.1 Å². The third kappa shape index (κ3) is 4.50. The fourth-order valence-corrected chi connectivity index (χ4v) is 3.55. The largest absolute Gasteiger partial charge is 0.396 e. The number of aliphatic hydroxyl groups is 1. The van der Waals surface area contributed by atoms with Crippen molar-refractivity contribution in [3.8, 4) is 0 Å². The maximum absolute atomic E-state index is 12.2. The number of aryl methyl sites for hydroxylation is 1. The number of likely N-dealkylation sites (N-methyl/N-ethyl adjacent to an activating group) is 1. The quantitative estimate of drug-likeness (QED) is 0.741. The molecule has 2 N–H and O–H groups in total. The second-order valence-corrected chi connectivity index (χ2v) is 7.27. The molecule has 1 aliphatic rings. The zero-order valence-corrected chi connectivity index (χ0v) is 13.2. The normalized spacial score (nSPS) is 20.8. The van der Waals surface area contributed by atoms with Crippen LogP contribution in [0.25, 0.3) is 0 Å². The molecule has 2 rings (SSSR count). The lowest BCUT2D eigenvalue weighted by molar-refractivity contribution is 0.187. The molecule has 1 aromatic heterocycles. The number of hydrogen-bond donors (Lipinski definition) is 2. The van der Waals surface area contributed by atoms with Crippen LogP contribution in [0.4, 0.5) is 0 Å². The van der Waals surface area contributed by atoms with Crippen LogP contribution in [0.5, 0.6) is 0 Å². The fourth-order valence-electron chi connectivity index (χ4n) is 2.53. The molecule has 1 atom stereocenters. The molecule has 2 heterocycles. The van der Waals surface area contributed by atoms with Crippen molar-refractivity contribution in [2.45, 2.75) is 43.2 Å². The SMILES string of the molecule is CN1CCCCC1CNS(=O)(=O)c1cnn(CCCO)c1. The van der Waals surface area contributed by atoms with Gasteiger partial charge in [-0.1, -0.05) is 6.42 Å². The van der Waals surface area contributed by atoms with Crippen molar-refractivity contribution in [1.82, 2.24) is 19.4 Å². The van der Waals surface area contributed by atoms with Gasteiger partial charge in [0.1, 0.15) is 4.90 Å². The number of sulfonamides is 1. The van der Waals surface area contributed by atoms with Crippen molar-refractivity contribution in [1.29, 1.82) is 0 Å². The lowest BCUT2D eigenvalue weighted by Gasteiger charge is -2.32. The molecule has 120 valence electrons. The summed E-state index contributed by atoms with van der Waals surface area (Å²) < 4.78 is 28.7. The van der Waals surface area contributed by atoms with E-state index < -0.39 is 10.0 Å². The van der Waals surface area contributed by atoms with Crippen LogP contribution in [0.15, 0.2) is 17.3 Å². The zero-order valence-electron chi connectivity index (χ0n) is 12.4. The summed E-state index contributed by atoms with van der Waals surface area (Å²) in [5.74, 6) is 0. The molecule has 0 aromatic carbocycles. The second-order valence-electron chi connectivity index (χ2n) is 5.50. The van der Waals surface area contributed by atoms with E-state index in [0.717, 1.165) is 19.4 Å². The first kappa shape index (κ1) is 16.4. The number of nitrogens with one attached hydrogen (secondary N) is 1. The van der Waals surface area contributed by atoms with E-state index in [0.29, 0.717) is 19.5 Å². The van der Waals surface area contributed by atoms with Crippen LogP contribution in [0.3, 0.4) is 0 Å². The molecule has 1 unspecified atom stereocenters. The lowest BCUT2D eigenvalue weighted by Crippen LogP contribution is -2.44. The number of nitrogens with zero attached hydrogens (tertiary/aromatic N) is 3. The number of rotatable bonds is 7. The van der Waals surface area contributed by atoms with E-state index in [1.807, 2.05) is 7.05 Å². The third-order valence-electron chi connectivity index (χ3n) is 3.90. The summed E-state index contributed by atoms with van der Waals surface area (Å²) in [6.07, 6.45) is 6.76. The molecule has 1 fully saturated rings. The van der Waals surface area contributed by atoms with Crippen molar-refractivity contribution in [2.24, 2.45) is 0 Å². The Kier molecular flexibility index (Phi) is 5.74. The van der Waals surface area contributed by atoms with Crippen molar-refractivity contribution in [2.75, 3.05) is 26.7 Å². The van der Waals surface area contributed by atoms with Crippen LogP contribution >= 0.6 is 0 Å².